The summed E-state index contributed by atoms with van der Waals surface area (Å²) in [7, 11) is 0. The number of rotatable bonds is 6. The van der Waals surface area contributed by atoms with Gasteiger partial charge in [0.05, 0.1) is 21.8 Å². The maximum Gasteiger partial charge on any atom is 0.269 e. The number of thioether (sulfide) groups is 1. The lowest BCUT2D eigenvalue weighted by Gasteiger charge is -2.30. The zero-order valence-corrected chi connectivity index (χ0v) is 16.6. The number of aliphatic carboxylic acids is 1. The number of thiocarbonyl (C=S) groups is 1. The number of hydrogen-bond donors (Lipinski definition) is 0. The van der Waals surface area contributed by atoms with Crippen LogP contribution in [0.25, 0.3) is 6.08 Å². The Morgan fingerprint density at radius 1 is 1.33 bits per heavy atom. The molecular formula is C17H14ClN2O5S2-. The summed E-state index contributed by atoms with van der Waals surface area (Å²) in [6.45, 7) is 3.31. The van der Waals surface area contributed by atoms with Gasteiger partial charge in [0, 0.05) is 17.2 Å². The number of carbonyl (C=O) groups is 2. The van der Waals surface area contributed by atoms with E-state index >= 15 is 0 Å². The molecule has 0 N–H and O–H groups in total. The highest BCUT2D eigenvalue weighted by Crippen LogP contribution is 2.35. The smallest absolute Gasteiger partial charge is 0.269 e. The second kappa shape index (κ2) is 8.64. The van der Waals surface area contributed by atoms with E-state index < -0.39 is 22.8 Å². The molecule has 0 saturated carbocycles. The summed E-state index contributed by atoms with van der Waals surface area (Å²) in [5, 5.41) is 22.2. The van der Waals surface area contributed by atoms with Gasteiger partial charge in [0.1, 0.15) is 4.32 Å². The van der Waals surface area contributed by atoms with E-state index in [1.165, 1.54) is 36.4 Å². The van der Waals surface area contributed by atoms with E-state index in [9.17, 15) is 24.8 Å². The van der Waals surface area contributed by atoms with Crippen molar-refractivity contribution in [3.8, 4) is 0 Å². The van der Waals surface area contributed by atoms with Gasteiger partial charge in [-0.25, -0.2) is 0 Å². The molecule has 10 heteroatoms. The summed E-state index contributed by atoms with van der Waals surface area (Å²) >= 11 is 12.3. The number of halogens is 1. The van der Waals surface area contributed by atoms with Gasteiger partial charge in [0.2, 0.25) is 0 Å². The van der Waals surface area contributed by atoms with E-state index in [2.05, 4.69) is 0 Å². The Kier molecular flexibility index (Phi) is 6.74. The number of carboxylic acids is 1. The lowest BCUT2D eigenvalue weighted by atomic mass is 10.0. The number of allylic oxidation sites excluding steroid dienone is 2. The number of hydrogen-bond acceptors (Lipinski definition) is 7. The fraction of sp³-hybridized carbons (Fsp3) is 0.235. The third-order valence-corrected chi connectivity index (χ3v) is 5.20. The van der Waals surface area contributed by atoms with E-state index in [1.54, 1.807) is 13.8 Å². The number of carboxylic acid groups (broad SMARTS) is 1. The van der Waals surface area contributed by atoms with Gasteiger partial charge in [0.25, 0.3) is 11.6 Å². The summed E-state index contributed by atoms with van der Waals surface area (Å²) in [5.74, 6) is -2.32. The van der Waals surface area contributed by atoms with E-state index in [-0.39, 0.29) is 25.9 Å². The van der Waals surface area contributed by atoms with E-state index in [0.29, 0.717) is 5.56 Å². The number of benzene rings is 1. The van der Waals surface area contributed by atoms with Crippen molar-refractivity contribution in [3.05, 3.63) is 56.0 Å². The normalized spacial score (nSPS) is 17.7. The van der Waals surface area contributed by atoms with Crippen LogP contribution in [-0.2, 0) is 9.59 Å². The minimum Gasteiger partial charge on any atom is -0.548 e. The first-order valence-corrected chi connectivity index (χ1v) is 9.31. The number of carbonyl (C=O) groups excluding carboxylic acids is 2. The Bertz CT molecular complexity index is 865. The van der Waals surface area contributed by atoms with Crippen molar-refractivity contribution < 1.29 is 19.6 Å². The molecule has 1 aliphatic rings. The average Bonchev–Trinajstić information content (AvgIpc) is 2.82. The number of nitro groups is 1. The maximum atomic E-state index is 12.6. The Morgan fingerprint density at radius 2 is 1.93 bits per heavy atom. The summed E-state index contributed by atoms with van der Waals surface area (Å²) in [4.78, 5) is 35.3. The standard InChI is InChI=1S/C17H15ClN2O5S2/c1-9(2)14(16(22)23)19-15(21)13(27-17(19)26)8-11(18)7-10-3-5-12(6-4-10)20(24)25/h3-9,14H,1-2H3,(H,22,23)/p-1. The van der Waals surface area contributed by atoms with Crippen LogP contribution in [0.4, 0.5) is 5.69 Å². The molecule has 0 aliphatic carbocycles. The summed E-state index contributed by atoms with van der Waals surface area (Å²) in [6.07, 6.45) is 2.91. The number of amides is 1. The van der Waals surface area contributed by atoms with Gasteiger partial charge < -0.3 is 9.90 Å². The van der Waals surface area contributed by atoms with Gasteiger partial charge in [-0.1, -0.05) is 49.4 Å². The molecule has 1 amide bonds. The molecule has 1 aromatic rings. The van der Waals surface area contributed by atoms with Crippen LogP contribution in [0.5, 0.6) is 0 Å². The third-order valence-electron chi connectivity index (χ3n) is 3.65. The quantitative estimate of drug-likeness (QED) is 0.298. The average molecular weight is 426 g/mol. The van der Waals surface area contributed by atoms with Crippen molar-refractivity contribution in [1.29, 1.82) is 0 Å². The van der Waals surface area contributed by atoms with Gasteiger partial charge in [0.15, 0.2) is 0 Å². The van der Waals surface area contributed by atoms with Crippen molar-refractivity contribution in [3.63, 3.8) is 0 Å². The van der Waals surface area contributed by atoms with E-state index in [4.69, 9.17) is 23.8 Å². The Balaban J connectivity index is 2.25. The number of non-ortho nitro benzene ring substituents is 1. The molecule has 0 spiro atoms. The van der Waals surface area contributed by atoms with Crippen molar-refractivity contribution in [2.45, 2.75) is 19.9 Å². The van der Waals surface area contributed by atoms with Crippen LogP contribution in [0.3, 0.4) is 0 Å². The fourth-order valence-electron chi connectivity index (χ4n) is 2.41. The minimum absolute atomic E-state index is 0.0499. The summed E-state index contributed by atoms with van der Waals surface area (Å²) < 4.78 is 0.119. The van der Waals surface area contributed by atoms with Gasteiger partial charge >= 0.3 is 0 Å². The van der Waals surface area contributed by atoms with Crippen molar-refractivity contribution in [1.82, 2.24) is 4.90 Å². The molecule has 0 bridgehead atoms. The van der Waals surface area contributed by atoms with Crippen LogP contribution < -0.4 is 5.11 Å². The van der Waals surface area contributed by atoms with E-state index in [1.807, 2.05) is 0 Å². The molecule has 1 heterocycles. The molecule has 1 saturated heterocycles. The molecular weight excluding hydrogens is 412 g/mol. The summed E-state index contributed by atoms with van der Waals surface area (Å²) in [5.41, 5.74) is 0.554. The predicted octanol–water partition coefficient (Wildman–Crippen LogP) is 2.69. The molecule has 27 heavy (non-hydrogen) atoms. The van der Waals surface area contributed by atoms with Crippen molar-refractivity contribution in [2.75, 3.05) is 0 Å². The van der Waals surface area contributed by atoms with Crippen LogP contribution in [0.15, 0.2) is 40.3 Å². The molecule has 7 nitrogen and oxygen atoms in total. The molecule has 1 aromatic carbocycles. The molecule has 142 valence electrons. The van der Waals surface area contributed by atoms with Crippen LogP contribution in [-0.4, -0.2) is 32.1 Å². The summed E-state index contributed by atoms with van der Waals surface area (Å²) in [6, 6.07) is 4.54. The fourth-order valence-corrected chi connectivity index (χ4v) is 4.03. The second-order valence-electron chi connectivity index (χ2n) is 5.94. The SMILES string of the molecule is CC(C)C(C(=O)[O-])N1C(=O)C(=CC(Cl)=Cc2ccc([N+](=O)[O-])cc2)SC1=S. The highest BCUT2D eigenvalue weighted by molar-refractivity contribution is 8.26. The van der Waals surface area contributed by atoms with Gasteiger partial charge in [-0.3, -0.25) is 19.8 Å². The third kappa shape index (κ3) is 4.94. The highest BCUT2D eigenvalue weighted by Gasteiger charge is 2.39. The van der Waals surface area contributed by atoms with Gasteiger partial charge in [-0.05, 0) is 35.8 Å². The van der Waals surface area contributed by atoms with Gasteiger partial charge in [-0.15, -0.1) is 0 Å². The van der Waals surface area contributed by atoms with Crippen LogP contribution in [0.1, 0.15) is 19.4 Å². The van der Waals surface area contributed by atoms with Gasteiger partial charge in [-0.2, -0.15) is 0 Å². The number of nitrogens with zero attached hydrogens (tertiary/aromatic N) is 2. The zero-order valence-electron chi connectivity index (χ0n) is 14.2. The van der Waals surface area contributed by atoms with Crippen LogP contribution in [0.2, 0.25) is 0 Å². The molecule has 1 aliphatic heterocycles. The van der Waals surface area contributed by atoms with Crippen molar-refractivity contribution >= 4 is 63.5 Å². The molecule has 0 aromatic heterocycles. The van der Waals surface area contributed by atoms with E-state index in [0.717, 1.165) is 16.7 Å². The molecule has 1 fully saturated rings. The highest BCUT2D eigenvalue weighted by atomic mass is 35.5. The molecule has 1 unspecified atom stereocenters. The second-order valence-corrected chi connectivity index (χ2v) is 8.05. The molecule has 1 atom stereocenters. The first-order chi connectivity index (χ1) is 12.6. The predicted molar refractivity (Wildman–Crippen MR) is 106 cm³/mol. The van der Waals surface area contributed by atoms with Crippen LogP contribution in [0, 0.1) is 16.0 Å². The van der Waals surface area contributed by atoms with Crippen molar-refractivity contribution in [2.24, 2.45) is 5.92 Å². The maximum absolute atomic E-state index is 12.6. The molecule has 0 radical (unpaired) electrons. The monoisotopic (exact) mass is 425 g/mol. The Hall–Kier alpha value is -2.23. The topological polar surface area (TPSA) is 104 Å². The Morgan fingerprint density at radius 3 is 2.41 bits per heavy atom. The number of nitro benzene ring substituents is 1. The Labute approximate surface area is 169 Å². The zero-order chi connectivity index (χ0) is 20.3. The minimum atomic E-state index is -1.38. The first kappa shape index (κ1) is 21.1. The molecule has 2 rings (SSSR count). The largest absolute Gasteiger partial charge is 0.548 e. The van der Waals surface area contributed by atoms with Crippen LogP contribution >= 0.6 is 35.6 Å². The lowest BCUT2D eigenvalue weighted by molar-refractivity contribution is -0.384. The lowest BCUT2D eigenvalue weighted by Crippen LogP contribution is -2.52. The first-order valence-electron chi connectivity index (χ1n) is 7.71.